The predicted octanol–water partition coefficient (Wildman–Crippen LogP) is 0.752. The fourth-order valence-electron chi connectivity index (χ4n) is 1.33. The van der Waals surface area contributed by atoms with Crippen molar-refractivity contribution in [2.45, 2.75) is 26.7 Å². The van der Waals surface area contributed by atoms with E-state index in [0.29, 0.717) is 6.54 Å². The average Bonchev–Trinajstić information content (AvgIpc) is 2.85. The average molecular weight is 268 g/mol. The summed E-state index contributed by atoms with van der Waals surface area (Å²) in [4.78, 5) is 29.3. The SMILES string of the molecule is CC(C)(CNC(=O)NCCCc1ncc[nH]1)C(=O)O. The summed E-state index contributed by atoms with van der Waals surface area (Å²) in [5.41, 5.74) is -0.967. The maximum atomic E-state index is 11.4. The highest BCUT2D eigenvalue weighted by molar-refractivity contribution is 5.77. The van der Waals surface area contributed by atoms with Crippen LogP contribution >= 0.6 is 0 Å². The molecule has 0 saturated carbocycles. The van der Waals surface area contributed by atoms with E-state index < -0.39 is 11.4 Å². The Labute approximate surface area is 111 Å². The van der Waals surface area contributed by atoms with E-state index in [2.05, 4.69) is 20.6 Å². The maximum absolute atomic E-state index is 11.4. The molecular formula is C12H20N4O3. The number of aromatic nitrogens is 2. The Balaban J connectivity index is 2.13. The lowest BCUT2D eigenvalue weighted by atomic mass is 9.94. The zero-order valence-corrected chi connectivity index (χ0v) is 11.2. The predicted molar refractivity (Wildman–Crippen MR) is 69.7 cm³/mol. The standard InChI is InChI=1S/C12H20N4O3/c1-12(2,10(17)18)8-16-11(19)15-5-3-4-9-13-6-7-14-9/h6-7H,3-5,8H2,1-2H3,(H,13,14)(H,17,18)(H2,15,16,19). The molecule has 4 N–H and O–H groups in total. The van der Waals surface area contributed by atoms with E-state index in [0.717, 1.165) is 18.7 Å². The van der Waals surface area contributed by atoms with E-state index in [1.165, 1.54) is 0 Å². The van der Waals surface area contributed by atoms with Gasteiger partial charge in [-0.1, -0.05) is 0 Å². The molecule has 106 valence electrons. The molecular weight excluding hydrogens is 248 g/mol. The summed E-state index contributed by atoms with van der Waals surface area (Å²) in [6.45, 7) is 3.73. The van der Waals surface area contributed by atoms with Gasteiger partial charge in [0, 0.05) is 31.9 Å². The molecule has 1 heterocycles. The second kappa shape index (κ2) is 6.77. The molecule has 0 saturated heterocycles. The zero-order chi connectivity index (χ0) is 14.3. The number of nitrogens with one attached hydrogen (secondary N) is 3. The number of imidazole rings is 1. The first-order valence-corrected chi connectivity index (χ1v) is 6.15. The molecule has 0 aromatic carbocycles. The molecule has 0 unspecified atom stereocenters. The van der Waals surface area contributed by atoms with E-state index in [4.69, 9.17) is 5.11 Å². The normalized spacial score (nSPS) is 11.1. The lowest BCUT2D eigenvalue weighted by Gasteiger charge is -2.19. The molecule has 0 aliphatic rings. The number of hydrogen-bond donors (Lipinski definition) is 4. The third-order valence-corrected chi connectivity index (χ3v) is 2.70. The summed E-state index contributed by atoms with van der Waals surface area (Å²) < 4.78 is 0. The van der Waals surface area contributed by atoms with Crippen molar-refractivity contribution >= 4 is 12.0 Å². The van der Waals surface area contributed by atoms with E-state index in [9.17, 15) is 9.59 Å². The third kappa shape index (κ3) is 5.41. The largest absolute Gasteiger partial charge is 0.481 e. The first-order chi connectivity index (χ1) is 8.92. The van der Waals surface area contributed by atoms with Gasteiger partial charge in [0.05, 0.1) is 5.41 Å². The van der Waals surface area contributed by atoms with Gasteiger partial charge in [-0.2, -0.15) is 0 Å². The van der Waals surface area contributed by atoms with Crippen molar-refractivity contribution in [3.05, 3.63) is 18.2 Å². The lowest BCUT2D eigenvalue weighted by molar-refractivity contribution is -0.146. The number of aryl methyl sites for hydroxylation is 1. The molecule has 1 rings (SSSR count). The van der Waals surface area contributed by atoms with Crippen molar-refractivity contribution in [1.29, 1.82) is 0 Å². The smallest absolute Gasteiger partial charge is 0.314 e. The Kier molecular flexibility index (Phi) is 5.35. The highest BCUT2D eigenvalue weighted by Gasteiger charge is 2.27. The minimum absolute atomic E-state index is 0.0896. The topological polar surface area (TPSA) is 107 Å². The fourth-order valence-corrected chi connectivity index (χ4v) is 1.33. The summed E-state index contributed by atoms with van der Waals surface area (Å²) in [5, 5.41) is 14.1. The third-order valence-electron chi connectivity index (χ3n) is 2.70. The summed E-state index contributed by atoms with van der Waals surface area (Å²) in [5.74, 6) is -0.0557. The van der Waals surface area contributed by atoms with Gasteiger partial charge in [-0.05, 0) is 20.3 Å². The summed E-state index contributed by atoms with van der Waals surface area (Å²) in [6, 6.07) is -0.353. The highest BCUT2D eigenvalue weighted by atomic mass is 16.4. The van der Waals surface area contributed by atoms with Crippen LogP contribution in [-0.2, 0) is 11.2 Å². The van der Waals surface area contributed by atoms with Crippen molar-refractivity contribution in [2.24, 2.45) is 5.41 Å². The minimum atomic E-state index is -0.967. The van der Waals surface area contributed by atoms with Gasteiger partial charge < -0.3 is 20.7 Å². The van der Waals surface area contributed by atoms with Gasteiger partial charge in [0.2, 0.25) is 0 Å². The van der Waals surface area contributed by atoms with Crippen LogP contribution in [0.2, 0.25) is 0 Å². The number of carboxylic acids is 1. The Morgan fingerprint density at radius 3 is 2.74 bits per heavy atom. The second-order valence-electron chi connectivity index (χ2n) is 4.94. The lowest BCUT2D eigenvalue weighted by Crippen LogP contribution is -2.43. The van der Waals surface area contributed by atoms with Gasteiger partial charge in [0.25, 0.3) is 0 Å². The number of carbonyl (C=O) groups is 2. The molecule has 7 nitrogen and oxygen atoms in total. The molecule has 1 aromatic heterocycles. The van der Waals surface area contributed by atoms with Crippen LogP contribution in [-0.4, -0.2) is 40.2 Å². The van der Waals surface area contributed by atoms with Crippen LogP contribution in [0.25, 0.3) is 0 Å². The van der Waals surface area contributed by atoms with Crippen LogP contribution in [0.5, 0.6) is 0 Å². The molecule has 0 aliphatic carbocycles. The summed E-state index contributed by atoms with van der Waals surface area (Å²) in [7, 11) is 0. The Morgan fingerprint density at radius 1 is 1.42 bits per heavy atom. The van der Waals surface area contributed by atoms with Crippen LogP contribution in [0.3, 0.4) is 0 Å². The molecule has 2 amide bonds. The van der Waals surface area contributed by atoms with E-state index in [1.54, 1.807) is 26.2 Å². The van der Waals surface area contributed by atoms with Crippen LogP contribution in [0.4, 0.5) is 4.79 Å². The number of rotatable bonds is 7. The maximum Gasteiger partial charge on any atom is 0.314 e. The fraction of sp³-hybridized carbons (Fsp3) is 0.583. The van der Waals surface area contributed by atoms with Crippen LogP contribution in [0.1, 0.15) is 26.1 Å². The Morgan fingerprint density at radius 2 is 2.16 bits per heavy atom. The minimum Gasteiger partial charge on any atom is -0.481 e. The van der Waals surface area contributed by atoms with Gasteiger partial charge in [-0.3, -0.25) is 4.79 Å². The van der Waals surface area contributed by atoms with Gasteiger partial charge in [-0.15, -0.1) is 0 Å². The molecule has 0 atom stereocenters. The first kappa shape index (κ1) is 15.0. The Bertz CT molecular complexity index is 415. The van der Waals surface area contributed by atoms with Crippen molar-refractivity contribution in [2.75, 3.05) is 13.1 Å². The molecule has 1 aromatic rings. The van der Waals surface area contributed by atoms with Crippen LogP contribution < -0.4 is 10.6 Å². The molecule has 0 spiro atoms. The Hall–Kier alpha value is -2.05. The highest BCUT2D eigenvalue weighted by Crippen LogP contribution is 2.12. The van der Waals surface area contributed by atoms with E-state index in [-0.39, 0.29) is 12.6 Å². The molecule has 0 aliphatic heterocycles. The number of H-pyrrole nitrogens is 1. The molecule has 0 radical (unpaired) electrons. The quantitative estimate of drug-likeness (QED) is 0.547. The number of carbonyl (C=O) groups excluding carboxylic acids is 1. The van der Waals surface area contributed by atoms with Gasteiger partial charge >= 0.3 is 12.0 Å². The van der Waals surface area contributed by atoms with E-state index >= 15 is 0 Å². The van der Waals surface area contributed by atoms with Gasteiger partial charge in [-0.25, -0.2) is 9.78 Å². The second-order valence-corrected chi connectivity index (χ2v) is 4.94. The van der Waals surface area contributed by atoms with Crippen LogP contribution in [0, 0.1) is 5.41 Å². The number of hydrogen-bond acceptors (Lipinski definition) is 3. The van der Waals surface area contributed by atoms with E-state index in [1.807, 2.05) is 0 Å². The van der Waals surface area contributed by atoms with Gasteiger partial charge in [0.1, 0.15) is 5.82 Å². The van der Waals surface area contributed by atoms with Crippen molar-refractivity contribution < 1.29 is 14.7 Å². The molecule has 0 bridgehead atoms. The van der Waals surface area contributed by atoms with Crippen molar-refractivity contribution in [1.82, 2.24) is 20.6 Å². The summed E-state index contributed by atoms with van der Waals surface area (Å²) >= 11 is 0. The van der Waals surface area contributed by atoms with Crippen molar-refractivity contribution in [3.63, 3.8) is 0 Å². The molecule has 7 heteroatoms. The zero-order valence-electron chi connectivity index (χ0n) is 11.2. The van der Waals surface area contributed by atoms with Gasteiger partial charge in [0.15, 0.2) is 0 Å². The number of nitrogens with zero attached hydrogens (tertiary/aromatic N) is 1. The number of aliphatic carboxylic acids is 1. The van der Waals surface area contributed by atoms with Crippen LogP contribution in [0.15, 0.2) is 12.4 Å². The molecule has 0 fully saturated rings. The summed E-state index contributed by atoms with van der Waals surface area (Å²) in [6.07, 6.45) is 4.96. The molecule has 19 heavy (non-hydrogen) atoms. The number of amides is 2. The number of urea groups is 1. The number of carboxylic acid groups (broad SMARTS) is 1. The van der Waals surface area contributed by atoms with Crippen molar-refractivity contribution in [3.8, 4) is 0 Å². The number of aromatic amines is 1. The first-order valence-electron chi connectivity index (χ1n) is 6.15. The monoisotopic (exact) mass is 268 g/mol.